The number of ketones is 1. The lowest BCUT2D eigenvalue weighted by Crippen LogP contribution is -2.32. The predicted octanol–water partition coefficient (Wildman–Crippen LogP) is 7.66. The van der Waals surface area contributed by atoms with Gasteiger partial charge in [0.1, 0.15) is 29.6 Å². The summed E-state index contributed by atoms with van der Waals surface area (Å²) in [4.78, 5) is 19.1. The molecule has 2 aliphatic carbocycles. The van der Waals surface area contributed by atoms with Crippen molar-refractivity contribution < 1.29 is 39.7 Å². The number of hydrogen-bond acceptors (Lipinski definition) is 6. The van der Waals surface area contributed by atoms with E-state index in [-0.39, 0.29) is 35.9 Å². The van der Waals surface area contributed by atoms with E-state index < -0.39 is 86.7 Å². The van der Waals surface area contributed by atoms with Gasteiger partial charge < -0.3 is 5.32 Å². The molecule has 16 heteroatoms. The van der Waals surface area contributed by atoms with Crippen molar-refractivity contribution in [2.75, 3.05) is 12.8 Å². The second kappa shape index (κ2) is 14.7. The Hall–Kier alpha value is -5.01. The van der Waals surface area contributed by atoms with Gasteiger partial charge in [0.15, 0.2) is 11.5 Å². The van der Waals surface area contributed by atoms with Crippen LogP contribution in [0.15, 0.2) is 48.5 Å². The van der Waals surface area contributed by atoms with Crippen LogP contribution in [-0.4, -0.2) is 59.2 Å². The van der Waals surface area contributed by atoms with E-state index in [9.17, 15) is 31.0 Å². The molecule has 8 rings (SSSR count). The first-order chi connectivity index (χ1) is 27.4. The maximum atomic E-state index is 15.5. The third-order valence-corrected chi connectivity index (χ3v) is 12.0. The molecule has 0 spiro atoms. The molecule has 2 aromatic carbocycles. The summed E-state index contributed by atoms with van der Waals surface area (Å²) >= 11 is 0. The number of para-hydroxylation sites is 1. The molecule has 8 nitrogen and oxygen atoms in total. The largest absolute Gasteiger partial charge is 0.435 e. The van der Waals surface area contributed by atoms with Crippen molar-refractivity contribution in [2.45, 2.75) is 80.8 Å². The first-order valence-corrected chi connectivity index (χ1v) is 21.2. The van der Waals surface area contributed by atoms with Crippen LogP contribution in [0.5, 0.6) is 0 Å². The Morgan fingerprint density at radius 2 is 1.84 bits per heavy atom. The molecule has 2 unspecified atom stereocenters. The summed E-state index contributed by atoms with van der Waals surface area (Å²) in [5.74, 6) is 0.832. The van der Waals surface area contributed by atoms with Crippen LogP contribution in [0, 0.1) is 29.4 Å². The molecule has 3 aromatic heterocycles. The summed E-state index contributed by atoms with van der Waals surface area (Å²) in [6, 6.07) is 11.7. The average Bonchev–Trinajstić information content (AvgIpc) is 3.69. The molecule has 0 amide bonds. The molecule has 1 saturated carbocycles. The Bertz CT molecular complexity index is 2610. The predicted molar refractivity (Wildman–Crippen MR) is 206 cm³/mol. The number of alkyl halides is 5. The minimum Gasteiger partial charge on any atom is -0.304 e. The van der Waals surface area contributed by atoms with E-state index in [2.05, 4.69) is 33.2 Å². The second-order valence-electron chi connectivity index (χ2n) is 15.8. The topological polar surface area (TPSA) is 94.7 Å². The highest BCUT2D eigenvalue weighted by Crippen LogP contribution is 2.68. The number of fused-ring (bicyclic) bond motifs is 4. The standard InChI is InChI=1S/C42H39F7N6O2S/c1-54-38-31(8-6-9-32(38)35(52-54)22-58(2,3)57)30-13-12-28(11-10-27-7-4-5-14-50-27)51-37(30)24(15-23-16-25(43)19-26(44)17-23)18-29(56)21-55-40-36(39(53-55)42(47,48)49)33-20-34(33)41(40,45)46/h6,8-9,12-13,16-17,19,24,27,33-34,50H,2,4-5,7,14-15,18,20-22H2,1,3H3/t24-,27?,33+,34-,58?/m1/s1. The van der Waals surface area contributed by atoms with Gasteiger partial charge in [0.05, 0.1) is 28.7 Å². The minimum absolute atomic E-state index is 0.0867. The van der Waals surface area contributed by atoms with Gasteiger partial charge in [0, 0.05) is 59.7 Å². The fourth-order valence-corrected chi connectivity index (χ4v) is 9.41. The van der Waals surface area contributed by atoms with E-state index >= 15 is 8.78 Å². The quantitative estimate of drug-likeness (QED) is 0.0884. The lowest BCUT2D eigenvalue weighted by molar-refractivity contribution is -0.142. The van der Waals surface area contributed by atoms with Crippen LogP contribution in [-0.2, 0) is 52.2 Å². The van der Waals surface area contributed by atoms with Crippen LogP contribution < -0.4 is 5.32 Å². The van der Waals surface area contributed by atoms with E-state index in [1.165, 1.54) is 6.26 Å². The van der Waals surface area contributed by atoms with Crippen LogP contribution >= 0.6 is 0 Å². The number of aromatic nitrogens is 5. The Kier molecular flexibility index (Phi) is 10.1. The minimum atomic E-state index is -5.02. The highest BCUT2D eigenvalue weighted by molar-refractivity contribution is 7.98. The third kappa shape index (κ3) is 7.78. The van der Waals surface area contributed by atoms with Crippen molar-refractivity contribution in [3.8, 4) is 23.0 Å². The van der Waals surface area contributed by atoms with Crippen LogP contribution in [0.3, 0.4) is 0 Å². The third-order valence-electron chi connectivity index (χ3n) is 11.1. The number of rotatable bonds is 10. The Morgan fingerprint density at radius 3 is 2.53 bits per heavy atom. The smallest absolute Gasteiger partial charge is 0.304 e. The highest BCUT2D eigenvalue weighted by atomic mass is 32.2. The average molecular weight is 825 g/mol. The summed E-state index contributed by atoms with van der Waals surface area (Å²) in [7, 11) is -0.783. The molecule has 0 bridgehead atoms. The zero-order chi connectivity index (χ0) is 41.3. The van der Waals surface area contributed by atoms with Crippen LogP contribution in [0.2, 0.25) is 0 Å². The van der Waals surface area contributed by atoms with Crippen LogP contribution in [0.1, 0.15) is 83.5 Å². The molecule has 4 heterocycles. The summed E-state index contributed by atoms with van der Waals surface area (Å²) in [5.41, 5.74) is 0.145. The molecule has 1 N–H and O–H groups in total. The number of Topliss-reactive ketones (excluding diaryl/α,β-unsaturated/α-hetero) is 1. The van der Waals surface area contributed by atoms with Gasteiger partial charge in [0.25, 0.3) is 5.92 Å². The molecular weight excluding hydrogens is 786 g/mol. The number of aryl methyl sites for hydroxylation is 1. The summed E-state index contributed by atoms with van der Waals surface area (Å²) in [6.45, 7) is -0.0913. The van der Waals surface area contributed by atoms with E-state index in [1.807, 2.05) is 6.07 Å². The Morgan fingerprint density at radius 1 is 1.09 bits per heavy atom. The summed E-state index contributed by atoms with van der Waals surface area (Å²) < 4.78 is 117. The normalized spacial score (nSPS) is 21.2. The van der Waals surface area contributed by atoms with Gasteiger partial charge in [-0.15, -0.1) is 0 Å². The summed E-state index contributed by atoms with van der Waals surface area (Å²) in [6.07, 6.45) is -1.38. The molecule has 5 atom stereocenters. The van der Waals surface area contributed by atoms with Crippen molar-refractivity contribution in [1.29, 1.82) is 0 Å². The first kappa shape index (κ1) is 39.8. The number of nitrogens with zero attached hydrogens (tertiary/aromatic N) is 5. The maximum Gasteiger partial charge on any atom is 0.435 e. The number of pyridine rings is 1. The zero-order valence-corrected chi connectivity index (χ0v) is 32.4. The number of hydrogen-bond donors (Lipinski definition) is 1. The Labute approximate surface area is 330 Å². The van der Waals surface area contributed by atoms with Crippen LogP contribution in [0.4, 0.5) is 30.7 Å². The molecule has 2 fully saturated rings. The van der Waals surface area contributed by atoms with Crippen molar-refractivity contribution in [2.24, 2.45) is 13.0 Å². The lowest BCUT2D eigenvalue weighted by Gasteiger charge is -2.22. The van der Waals surface area contributed by atoms with Gasteiger partial charge in [-0.1, -0.05) is 24.1 Å². The van der Waals surface area contributed by atoms with Gasteiger partial charge in [-0.3, -0.25) is 18.4 Å². The molecule has 1 aliphatic heterocycles. The van der Waals surface area contributed by atoms with Crippen molar-refractivity contribution in [3.05, 3.63) is 99.8 Å². The number of nitrogens with one attached hydrogen (secondary N) is 1. The monoisotopic (exact) mass is 824 g/mol. The SMILES string of the molecule is C=S(C)(=O)Cc1nn(C)c2c(-c3ccc(C#CC4CCCCN4)nc3[C@@H](CC(=O)Cn3nc(C(F)(F)F)c4c3C(F)(F)[C@@H]3C[C@H]43)Cc3cc(F)cc(F)c3)cccc12. The summed E-state index contributed by atoms with van der Waals surface area (Å²) in [5, 5.41) is 12.2. The van der Waals surface area contributed by atoms with Crippen molar-refractivity contribution >= 4 is 32.1 Å². The van der Waals surface area contributed by atoms with Gasteiger partial charge in [-0.2, -0.15) is 32.1 Å². The van der Waals surface area contributed by atoms with E-state index in [4.69, 9.17) is 4.98 Å². The van der Waals surface area contributed by atoms with Crippen molar-refractivity contribution in [1.82, 2.24) is 29.9 Å². The maximum absolute atomic E-state index is 15.5. The Balaban J connectivity index is 1.25. The molecule has 1 saturated heterocycles. The lowest BCUT2D eigenvalue weighted by atomic mass is 9.86. The van der Waals surface area contributed by atoms with E-state index in [0.717, 1.165) is 37.9 Å². The second-order valence-corrected chi connectivity index (χ2v) is 18.4. The molecule has 304 valence electrons. The van der Waals surface area contributed by atoms with Crippen LogP contribution in [0.25, 0.3) is 22.0 Å². The van der Waals surface area contributed by atoms with E-state index in [1.54, 1.807) is 36.0 Å². The molecular formula is C42H39F7N6O2S. The number of piperidine rings is 1. The van der Waals surface area contributed by atoms with E-state index in [0.29, 0.717) is 44.2 Å². The molecule has 58 heavy (non-hydrogen) atoms. The van der Waals surface area contributed by atoms with Gasteiger partial charge in [-0.25, -0.2) is 13.8 Å². The number of benzene rings is 2. The fourth-order valence-electron chi connectivity index (χ4n) is 8.62. The van der Waals surface area contributed by atoms with Gasteiger partial charge in [0.2, 0.25) is 0 Å². The fraction of sp³-hybridized carbons (Fsp3) is 0.405. The van der Waals surface area contributed by atoms with Gasteiger partial charge >= 0.3 is 6.18 Å². The number of carbonyl (C=O) groups is 1. The molecule has 5 aromatic rings. The van der Waals surface area contributed by atoms with Crippen molar-refractivity contribution in [3.63, 3.8) is 0 Å². The first-order valence-electron chi connectivity index (χ1n) is 18.9. The highest BCUT2D eigenvalue weighted by Gasteiger charge is 2.68. The molecule has 0 radical (unpaired) electrons. The number of halogens is 7. The van der Waals surface area contributed by atoms with Gasteiger partial charge in [-0.05, 0) is 95.7 Å². The zero-order valence-electron chi connectivity index (χ0n) is 31.6. The number of carbonyl (C=O) groups excluding carboxylic acids is 1. The molecule has 3 aliphatic rings.